The topological polar surface area (TPSA) is 95.2 Å². The molecule has 146 valence electrons. The molecule has 0 aromatic carbocycles. The molecule has 9 heteroatoms. The van der Waals surface area contributed by atoms with Crippen LogP contribution in [0.5, 0.6) is 0 Å². The number of carbonyl (C=O) groups is 2. The highest BCUT2D eigenvalue weighted by Crippen LogP contribution is 2.33. The van der Waals surface area contributed by atoms with Crippen molar-refractivity contribution >= 4 is 28.2 Å². The minimum Gasteiger partial charge on any atom is -0.462 e. The summed E-state index contributed by atoms with van der Waals surface area (Å²) in [6.45, 7) is 6.17. The van der Waals surface area contributed by atoms with Crippen molar-refractivity contribution < 1.29 is 14.3 Å². The molecule has 0 saturated heterocycles. The van der Waals surface area contributed by atoms with Gasteiger partial charge in [0.15, 0.2) is 0 Å². The molecular weight excluding hydrogens is 368 g/mol. The Morgan fingerprint density at radius 1 is 1.26 bits per heavy atom. The van der Waals surface area contributed by atoms with E-state index in [0.29, 0.717) is 17.1 Å². The molecule has 8 nitrogen and oxygen atoms in total. The van der Waals surface area contributed by atoms with Gasteiger partial charge in [-0.3, -0.25) is 9.36 Å². The highest BCUT2D eigenvalue weighted by atomic mass is 32.1. The predicted octanol–water partition coefficient (Wildman–Crippen LogP) is 2.26. The Morgan fingerprint density at radius 2 is 2.04 bits per heavy atom. The molecule has 2 aromatic heterocycles. The van der Waals surface area contributed by atoms with Crippen molar-refractivity contribution in [3.8, 4) is 0 Å². The number of amides is 1. The van der Waals surface area contributed by atoms with E-state index < -0.39 is 11.9 Å². The molecule has 0 saturated carbocycles. The zero-order chi connectivity index (χ0) is 19.6. The van der Waals surface area contributed by atoms with E-state index >= 15 is 0 Å². The van der Waals surface area contributed by atoms with Crippen LogP contribution in [0.2, 0.25) is 0 Å². The SMILES string of the molecule is CCOC(=O)c1c(NC(=O)Cn2nc3n(c2=O)CCCCC3)sc(C)c1C. The minimum absolute atomic E-state index is 0.183. The summed E-state index contributed by atoms with van der Waals surface area (Å²) in [5.74, 6) is -0.113. The fourth-order valence-corrected chi connectivity index (χ4v) is 4.26. The molecule has 1 amide bonds. The van der Waals surface area contributed by atoms with Crippen LogP contribution in [0.25, 0.3) is 0 Å². The quantitative estimate of drug-likeness (QED) is 0.788. The summed E-state index contributed by atoms with van der Waals surface area (Å²) in [6.07, 6.45) is 3.78. The number of hydrogen-bond acceptors (Lipinski definition) is 6. The summed E-state index contributed by atoms with van der Waals surface area (Å²) < 4.78 is 7.95. The van der Waals surface area contributed by atoms with Crippen LogP contribution in [-0.4, -0.2) is 32.8 Å². The molecule has 0 unspecified atom stereocenters. The van der Waals surface area contributed by atoms with Crippen molar-refractivity contribution in [2.75, 3.05) is 11.9 Å². The first-order valence-corrected chi connectivity index (χ1v) is 9.97. The molecule has 0 aliphatic carbocycles. The number of anilines is 1. The van der Waals surface area contributed by atoms with E-state index in [1.807, 2.05) is 13.8 Å². The molecule has 2 aromatic rings. The molecule has 3 heterocycles. The van der Waals surface area contributed by atoms with Crippen LogP contribution in [0.3, 0.4) is 0 Å². The van der Waals surface area contributed by atoms with E-state index in [2.05, 4.69) is 10.4 Å². The lowest BCUT2D eigenvalue weighted by Gasteiger charge is -2.07. The van der Waals surface area contributed by atoms with Crippen molar-refractivity contribution in [1.82, 2.24) is 14.3 Å². The van der Waals surface area contributed by atoms with E-state index in [9.17, 15) is 14.4 Å². The Kier molecular flexibility index (Phi) is 5.79. The van der Waals surface area contributed by atoms with Crippen molar-refractivity contribution in [1.29, 1.82) is 0 Å². The Labute approximate surface area is 161 Å². The number of fused-ring (bicyclic) bond motifs is 1. The fourth-order valence-electron chi connectivity index (χ4n) is 3.19. The van der Waals surface area contributed by atoms with E-state index in [0.717, 1.165) is 41.9 Å². The smallest absolute Gasteiger partial charge is 0.346 e. The number of aryl methyl sites for hydroxylation is 2. The number of ether oxygens (including phenoxy) is 1. The van der Waals surface area contributed by atoms with Crippen molar-refractivity contribution in [3.63, 3.8) is 0 Å². The second-order valence-electron chi connectivity index (χ2n) is 6.57. The van der Waals surface area contributed by atoms with Gasteiger partial charge in [-0.05, 0) is 39.2 Å². The van der Waals surface area contributed by atoms with E-state index in [4.69, 9.17) is 4.74 Å². The monoisotopic (exact) mass is 392 g/mol. The molecule has 0 atom stereocenters. The predicted molar refractivity (Wildman–Crippen MR) is 102 cm³/mol. The van der Waals surface area contributed by atoms with E-state index in [1.165, 1.54) is 16.0 Å². The molecule has 1 aliphatic heterocycles. The van der Waals surface area contributed by atoms with Crippen molar-refractivity contribution in [3.05, 3.63) is 32.3 Å². The third-order valence-electron chi connectivity index (χ3n) is 4.69. The number of nitrogens with one attached hydrogen (secondary N) is 1. The van der Waals surface area contributed by atoms with E-state index in [-0.39, 0.29) is 18.8 Å². The number of rotatable bonds is 5. The third-order valence-corrected chi connectivity index (χ3v) is 5.82. The first kappa shape index (κ1) is 19.3. The van der Waals surface area contributed by atoms with Gasteiger partial charge in [0.05, 0.1) is 12.2 Å². The molecule has 0 bridgehead atoms. The molecule has 1 N–H and O–H groups in total. The van der Waals surface area contributed by atoms with Crippen molar-refractivity contribution in [2.24, 2.45) is 0 Å². The molecular formula is C18H24N4O4S. The highest BCUT2D eigenvalue weighted by Gasteiger charge is 2.23. The summed E-state index contributed by atoms with van der Waals surface area (Å²) in [4.78, 5) is 38.1. The van der Waals surface area contributed by atoms with Gasteiger partial charge < -0.3 is 10.1 Å². The van der Waals surface area contributed by atoms with Crippen LogP contribution < -0.4 is 11.0 Å². The number of hydrogen-bond donors (Lipinski definition) is 1. The van der Waals surface area contributed by atoms with Gasteiger partial charge in [-0.25, -0.2) is 14.3 Å². The average molecular weight is 392 g/mol. The largest absolute Gasteiger partial charge is 0.462 e. The summed E-state index contributed by atoms with van der Waals surface area (Å²) in [6, 6.07) is 0. The van der Waals surface area contributed by atoms with Gasteiger partial charge >= 0.3 is 11.7 Å². The van der Waals surface area contributed by atoms with E-state index in [1.54, 1.807) is 11.5 Å². The summed E-state index contributed by atoms with van der Waals surface area (Å²) in [5, 5.41) is 7.52. The lowest BCUT2D eigenvalue weighted by molar-refractivity contribution is -0.116. The Bertz CT molecular complexity index is 925. The van der Waals surface area contributed by atoms with Crippen LogP contribution >= 0.6 is 11.3 Å². The Hall–Kier alpha value is -2.42. The standard InChI is InChI=1S/C18H24N4O4S/c1-4-26-17(24)15-11(2)12(3)27-16(15)19-14(23)10-22-18(25)21-9-7-5-6-8-13(21)20-22/h4-10H2,1-3H3,(H,19,23). The number of nitrogens with zero attached hydrogens (tertiary/aromatic N) is 3. The van der Waals surface area contributed by atoms with Gasteiger partial charge in [0, 0.05) is 17.8 Å². The summed E-state index contributed by atoms with van der Waals surface area (Å²) >= 11 is 1.32. The van der Waals surface area contributed by atoms with Gasteiger partial charge in [0.1, 0.15) is 17.4 Å². The van der Waals surface area contributed by atoms with Crippen molar-refractivity contribution in [2.45, 2.75) is 59.5 Å². The maximum atomic E-state index is 12.5. The second kappa shape index (κ2) is 8.08. The number of esters is 1. The maximum Gasteiger partial charge on any atom is 0.346 e. The first-order valence-electron chi connectivity index (χ1n) is 9.15. The van der Waals surface area contributed by atoms with Gasteiger partial charge in [0.2, 0.25) is 5.91 Å². The van der Waals surface area contributed by atoms with Crippen LogP contribution in [0, 0.1) is 13.8 Å². The van der Waals surface area contributed by atoms with Crippen LogP contribution in [0.4, 0.5) is 5.00 Å². The second-order valence-corrected chi connectivity index (χ2v) is 7.80. The van der Waals surface area contributed by atoms with Crippen LogP contribution in [0.1, 0.15) is 52.8 Å². The fraction of sp³-hybridized carbons (Fsp3) is 0.556. The van der Waals surface area contributed by atoms with Crippen LogP contribution in [0.15, 0.2) is 4.79 Å². The highest BCUT2D eigenvalue weighted by molar-refractivity contribution is 7.16. The number of aromatic nitrogens is 3. The minimum atomic E-state index is -0.458. The molecule has 0 spiro atoms. The normalized spacial score (nSPS) is 13.7. The Balaban J connectivity index is 1.78. The van der Waals surface area contributed by atoms with Gasteiger partial charge in [-0.2, -0.15) is 5.10 Å². The number of carbonyl (C=O) groups excluding carboxylic acids is 2. The molecule has 3 rings (SSSR count). The van der Waals surface area contributed by atoms with Crippen LogP contribution in [-0.2, 0) is 29.0 Å². The zero-order valence-electron chi connectivity index (χ0n) is 15.8. The summed E-state index contributed by atoms with van der Waals surface area (Å²) in [5.41, 5.74) is 0.909. The number of thiophene rings is 1. The summed E-state index contributed by atoms with van der Waals surface area (Å²) in [7, 11) is 0. The molecule has 27 heavy (non-hydrogen) atoms. The Morgan fingerprint density at radius 3 is 2.78 bits per heavy atom. The van der Waals surface area contributed by atoms with Gasteiger partial charge in [-0.15, -0.1) is 11.3 Å². The molecule has 0 radical (unpaired) electrons. The van der Waals surface area contributed by atoms with Gasteiger partial charge in [-0.1, -0.05) is 6.42 Å². The lowest BCUT2D eigenvalue weighted by Crippen LogP contribution is -2.30. The van der Waals surface area contributed by atoms with Gasteiger partial charge in [0.25, 0.3) is 0 Å². The third kappa shape index (κ3) is 3.97. The maximum absolute atomic E-state index is 12.5. The lowest BCUT2D eigenvalue weighted by atomic mass is 10.1. The molecule has 0 fully saturated rings. The molecule has 1 aliphatic rings. The first-order chi connectivity index (χ1) is 12.9. The average Bonchev–Trinajstić information content (AvgIpc) is 2.94. The zero-order valence-corrected chi connectivity index (χ0v) is 16.6.